The van der Waals surface area contributed by atoms with Crippen LogP contribution >= 0.6 is 23.4 Å². The first-order valence-corrected chi connectivity index (χ1v) is 9.59. The Morgan fingerprint density at radius 2 is 1.86 bits per heavy atom. The highest BCUT2D eigenvalue weighted by Crippen LogP contribution is 2.32. The molecule has 0 aliphatic rings. The lowest BCUT2D eigenvalue weighted by Gasteiger charge is -2.05. The predicted octanol–water partition coefficient (Wildman–Crippen LogP) is 4.79. The van der Waals surface area contributed by atoms with Crippen molar-refractivity contribution in [2.45, 2.75) is 10.2 Å². The quantitative estimate of drug-likeness (QED) is 0.384. The zero-order valence-electron chi connectivity index (χ0n) is 14.5. The highest BCUT2D eigenvalue weighted by Gasteiger charge is 2.15. The van der Waals surface area contributed by atoms with Crippen LogP contribution < -0.4 is 0 Å². The monoisotopic (exact) mass is 424 g/mol. The second-order valence-electron chi connectivity index (χ2n) is 5.95. The Morgan fingerprint density at radius 3 is 2.72 bits per heavy atom. The van der Waals surface area contributed by atoms with E-state index in [0.29, 0.717) is 38.2 Å². The SMILES string of the molecule is Fc1cccc(-c2cc(Sc3nnc(-c4cccc(Cl)c4)o3)n3ncnc3n2)c1. The van der Waals surface area contributed by atoms with E-state index >= 15 is 0 Å². The molecule has 0 saturated heterocycles. The minimum atomic E-state index is -0.345. The van der Waals surface area contributed by atoms with E-state index in [-0.39, 0.29) is 5.82 Å². The molecule has 0 atom stereocenters. The highest BCUT2D eigenvalue weighted by molar-refractivity contribution is 7.99. The van der Waals surface area contributed by atoms with Crippen LogP contribution in [0, 0.1) is 5.82 Å². The van der Waals surface area contributed by atoms with Gasteiger partial charge >= 0.3 is 0 Å². The third kappa shape index (κ3) is 3.57. The molecule has 3 aromatic heterocycles. The van der Waals surface area contributed by atoms with Gasteiger partial charge < -0.3 is 4.42 Å². The van der Waals surface area contributed by atoms with E-state index < -0.39 is 0 Å². The first-order valence-electron chi connectivity index (χ1n) is 8.40. The van der Waals surface area contributed by atoms with Crippen molar-refractivity contribution in [3.63, 3.8) is 0 Å². The van der Waals surface area contributed by atoms with Gasteiger partial charge in [-0.3, -0.25) is 0 Å². The molecule has 142 valence electrons. The van der Waals surface area contributed by atoms with Crippen LogP contribution in [0.15, 0.2) is 75.6 Å². The average molecular weight is 425 g/mol. The maximum absolute atomic E-state index is 13.6. The third-order valence-corrected chi connectivity index (χ3v) is 5.08. The highest BCUT2D eigenvalue weighted by atomic mass is 35.5. The molecule has 2 aromatic carbocycles. The van der Waals surface area contributed by atoms with E-state index in [1.54, 1.807) is 34.8 Å². The molecule has 3 heterocycles. The van der Waals surface area contributed by atoms with Crippen molar-refractivity contribution in [1.29, 1.82) is 0 Å². The Balaban J connectivity index is 1.53. The third-order valence-electron chi connectivity index (χ3n) is 4.01. The fourth-order valence-corrected chi connectivity index (χ4v) is 3.69. The zero-order valence-corrected chi connectivity index (χ0v) is 16.1. The van der Waals surface area contributed by atoms with Crippen molar-refractivity contribution < 1.29 is 8.81 Å². The largest absolute Gasteiger partial charge is 0.411 e. The summed E-state index contributed by atoms with van der Waals surface area (Å²) in [5.41, 5.74) is 1.91. The maximum atomic E-state index is 13.6. The molecule has 0 aliphatic heterocycles. The van der Waals surface area contributed by atoms with Gasteiger partial charge in [-0.2, -0.15) is 14.6 Å². The molecule has 0 N–H and O–H groups in total. The van der Waals surface area contributed by atoms with Crippen molar-refractivity contribution in [1.82, 2.24) is 29.8 Å². The minimum Gasteiger partial charge on any atom is -0.411 e. The van der Waals surface area contributed by atoms with Crippen LogP contribution in [0.2, 0.25) is 5.02 Å². The minimum absolute atomic E-state index is 0.313. The van der Waals surface area contributed by atoms with Crippen LogP contribution in [0.1, 0.15) is 0 Å². The summed E-state index contributed by atoms with van der Waals surface area (Å²) in [6.45, 7) is 0. The second-order valence-corrected chi connectivity index (χ2v) is 7.36. The summed E-state index contributed by atoms with van der Waals surface area (Å²) >= 11 is 7.23. The molecule has 0 bridgehead atoms. The van der Waals surface area contributed by atoms with Crippen LogP contribution in [0.25, 0.3) is 28.5 Å². The molecule has 0 amide bonds. The zero-order chi connectivity index (χ0) is 19.8. The van der Waals surface area contributed by atoms with Crippen LogP contribution in [0.4, 0.5) is 4.39 Å². The van der Waals surface area contributed by atoms with Gasteiger partial charge in [-0.05, 0) is 48.2 Å². The van der Waals surface area contributed by atoms with Crippen molar-refractivity contribution >= 4 is 29.1 Å². The number of benzene rings is 2. The summed E-state index contributed by atoms with van der Waals surface area (Å²) in [6, 6.07) is 15.1. The Kier molecular flexibility index (Phi) is 4.45. The number of fused-ring (bicyclic) bond motifs is 1. The topological polar surface area (TPSA) is 82.0 Å². The summed E-state index contributed by atoms with van der Waals surface area (Å²) in [7, 11) is 0. The molecule has 7 nitrogen and oxygen atoms in total. The molecule has 29 heavy (non-hydrogen) atoms. The smallest absolute Gasteiger partial charge is 0.283 e. The van der Waals surface area contributed by atoms with Crippen LogP contribution in [0.3, 0.4) is 0 Å². The molecular formula is C19H10ClFN6OS. The molecule has 10 heteroatoms. The fourth-order valence-electron chi connectivity index (χ4n) is 2.73. The Labute approximate surface area is 172 Å². The van der Waals surface area contributed by atoms with Gasteiger partial charge in [-0.25, -0.2) is 9.37 Å². The fraction of sp³-hybridized carbons (Fsp3) is 0. The van der Waals surface area contributed by atoms with Crippen molar-refractivity contribution in [2.24, 2.45) is 0 Å². The summed E-state index contributed by atoms with van der Waals surface area (Å²) < 4.78 is 20.9. The molecule has 0 radical (unpaired) electrons. The number of halogens is 2. The summed E-state index contributed by atoms with van der Waals surface area (Å²) in [4.78, 5) is 8.58. The van der Waals surface area contributed by atoms with Crippen LogP contribution in [0.5, 0.6) is 0 Å². The molecule has 5 aromatic rings. The lowest BCUT2D eigenvalue weighted by Crippen LogP contribution is -1.97. The number of nitrogens with zero attached hydrogens (tertiary/aromatic N) is 6. The van der Waals surface area contributed by atoms with Crippen molar-refractivity contribution in [2.75, 3.05) is 0 Å². The number of aromatic nitrogens is 6. The Morgan fingerprint density at radius 1 is 1.00 bits per heavy atom. The van der Waals surface area contributed by atoms with Crippen LogP contribution in [-0.4, -0.2) is 29.8 Å². The van der Waals surface area contributed by atoms with Crippen LogP contribution in [-0.2, 0) is 0 Å². The van der Waals surface area contributed by atoms with E-state index in [1.165, 1.54) is 30.2 Å². The first-order chi connectivity index (χ1) is 14.2. The standard InChI is InChI=1S/C19H10ClFN6OS/c20-13-5-1-4-12(7-13)17-25-26-19(28-17)29-16-9-15(11-3-2-6-14(21)8-11)24-18-22-10-23-27(16)18/h1-10H. The Bertz CT molecular complexity index is 1340. The Hall–Kier alpha value is -3.30. The number of hydrogen-bond donors (Lipinski definition) is 0. The molecule has 5 rings (SSSR count). The summed E-state index contributed by atoms with van der Waals surface area (Å²) in [5.74, 6) is 0.385. The van der Waals surface area contributed by atoms with E-state index in [9.17, 15) is 4.39 Å². The molecule has 0 aliphatic carbocycles. The van der Waals surface area contributed by atoms with E-state index in [1.807, 2.05) is 12.1 Å². The van der Waals surface area contributed by atoms with Gasteiger partial charge in [0.15, 0.2) is 0 Å². The van der Waals surface area contributed by atoms with Gasteiger partial charge in [0.25, 0.3) is 11.0 Å². The van der Waals surface area contributed by atoms with Crippen molar-refractivity contribution in [3.05, 3.63) is 71.8 Å². The average Bonchev–Trinajstić information content (AvgIpc) is 3.37. The first kappa shape index (κ1) is 17.8. The molecule has 0 spiro atoms. The van der Waals surface area contributed by atoms with E-state index in [4.69, 9.17) is 16.0 Å². The predicted molar refractivity (Wildman–Crippen MR) is 105 cm³/mol. The molecule has 0 unspecified atom stereocenters. The number of hydrogen-bond acceptors (Lipinski definition) is 7. The summed E-state index contributed by atoms with van der Waals surface area (Å²) in [6.07, 6.45) is 1.40. The normalized spacial score (nSPS) is 11.2. The van der Waals surface area contributed by atoms with Gasteiger partial charge in [0.1, 0.15) is 17.2 Å². The summed E-state index contributed by atoms with van der Waals surface area (Å²) in [5, 5.41) is 13.9. The van der Waals surface area contributed by atoms with Gasteiger partial charge in [0.2, 0.25) is 5.89 Å². The van der Waals surface area contributed by atoms with Gasteiger partial charge in [-0.15, -0.1) is 10.2 Å². The van der Waals surface area contributed by atoms with Gasteiger partial charge in [-0.1, -0.05) is 29.8 Å². The molecule has 0 saturated carbocycles. The maximum Gasteiger partial charge on any atom is 0.283 e. The van der Waals surface area contributed by atoms with Crippen molar-refractivity contribution in [3.8, 4) is 22.7 Å². The lowest BCUT2D eigenvalue weighted by molar-refractivity contribution is 0.465. The van der Waals surface area contributed by atoms with E-state index in [0.717, 1.165) is 5.56 Å². The lowest BCUT2D eigenvalue weighted by atomic mass is 10.1. The van der Waals surface area contributed by atoms with Gasteiger partial charge in [0, 0.05) is 16.1 Å². The molecular weight excluding hydrogens is 415 g/mol. The van der Waals surface area contributed by atoms with Gasteiger partial charge in [0.05, 0.1) is 5.69 Å². The molecule has 0 fully saturated rings. The second kappa shape index (κ2) is 7.26. The van der Waals surface area contributed by atoms with E-state index in [2.05, 4.69) is 25.3 Å². The number of rotatable bonds is 4.